The Morgan fingerprint density at radius 2 is 1.79 bits per heavy atom. The van der Waals surface area contributed by atoms with Crippen LogP contribution < -0.4 is 10.0 Å². The van der Waals surface area contributed by atoms with Gasteiger partial charge < -0.3 is 5.32 Å². The van der Waals surface area contributed by atoms with Crippen LogP contribution in [0.4, 0.5) is 5.69 Å². The number of anilines is 1. The smallest absolute Gasteiger partial charge is 0.261 e. The summed E-state index contributed by atoms with van der Waals surface area (Å²) in [5, 5.41) is 3.26. The third-order valence-corrected chi connectivity index (χ3v) is 5.07. The lowest BCUT2D eigenvalue weighted by atomic mass is 10.1. The molecule has 0 atom stereocenters. The molecule has 0 aromatic heterocycles. The number of rotatable bonds is 6. The van der Waals surface area contributed by atoms with Gasteiger partial charge in [0.1, 0.15) is 0 Å². The summed E-state index contributed by atoms with van der Waals surface area (Å²) in [6, 6.07) is 11.6. The first-order valence-corrected chi connectivity index (χ1v) is 9.26. The van der Waals surface area contributed by atoms with Crippen LogP contribution in [0.1, 0.15) is 18.1 Å². The minimum absolute atomic E-state index is 0.0864. The molecule has 0 fully saturated rings. The Morgan fingerprint density at radius 1 is 1.12 bits per heavy atom. The summed E-state index contributed by atoms with van der Waals surface area (Å²) in [6.07, 6.45) is 0.642. The molecule has 0 radical (unpaired) electrons. The largest absolute Gasteiger partial charge is 0.356 e. The molecule has 0 aliphatic rings. The van der Waals surface area contributed by atoms with Crippen molar-refractivity contribution in [3.05, 3.63) is 58.6 Å². The molecule has 0 unspecified atom stereocenters. The highest BCUT2D eigenvalue weighted by atomic mass is 35.5. The number of carbonyl (C=O) groups is 1. The second-order valence-corrected chi connectivity index (χ2v) is 7.56. The average molecular weight is 367 g/mol. The van der Waals surface area contributed by atoms with Crippen molar-refractivity contribution in [1.82, 2.24) is 5.32 Å². The molecule has 5 nitrogen and oxygen atoms in total. The predicted octanol–water partition coefficient (Wildman–Crippen LogP) is 3.13. The number of halogens is 1. The van der Waals surface area contributed by atoms with E-state index < -0.39 is 10.0 Å². The molecule has 7 heteroatoms. The SMILES string of the molecule is CC(=O)NCCc1ccc(S(=O)(=O)Nc2ccc(Cl)cc2C)cc1. The number of sulfonamides is 1. The Balaban J connectivity index is 2.10. The first kappa shape index (κ1) is 18.3. The van der Waals surface area contributed by atoms with Crippen molar-refractivity contribution in [3.8, 4) is 0 Å². The van der Waals surface area contributed by atoms with Crippen molar-refractivity contribution in [1.29, 1.82) is 0 Å². The Morgan fingerprint density at radius 3 is 2.38 bits per heavy atom. The molecule has 2 aromatic carbocycles. The van der Waals surface area contributed by atoms with Gasteiger partial charge in [-0.05, 0) is 54.8 Å². The second kappa shape index (κ2) is 7.68. The zero-order valence-electron chi connectivity index (χ0n) is 13.5. The van der Waals surface area contributed by atoms with Crippen LogP contribution in [0.25, 0.3) is 0 Å². The molecule has 0 saturated heterocycles. The molecular formula is C17H19ClN2O3S. The normalized spacial score (nSPS) is 11.1. The predicted molar refractivity (Wildman–Crippen MR) is 95.8 cm³/mol. The summed E-state index contributed by atoms with van der Waals surface area (Å²) in [4.78, 5) is 11.0. The van der Waals surface area contributed by atoms with Crippen molar-refractivity contribution in [3.63, 3.8) is 0 Å². The van der Waals surface area contributed by atoms with E-state index in [9.17, 15) is 13.2 Å². The van der Waals surface area contributed by atoms with E-state index in [-0.39, 0.29) is 10.8 Å². The fourth-order valence-corrected chi connectivity index (χ4v) is 3.52. The van der Waals surface area contributed by atoms with E-state index in [0.717, 1.165) is 11.1 Å². The molecular weight excluding hydrogens is 348 g/mol. The average Bonchev–Trinajstić information content (AvgIpc) is 2.50. The number of carbonyl (C=O) groups excluding carboxylic acids is 1. The summed E-state index contributed by atoms with van der Waals surface area (Å²) in [7, 11) is -3.66. The molecule has 0 saturated carbocycles. The monoisotopic (exact) mass is 366 g/mol. The van der Waals surface area contributed by atoms with E-state index in [2.05, 4.69) is 10.0 Å². The molecule has 1 amide bonds. The van der Waals surface area contributed by atoms with Gasteiger partial charge in [-0.15, -0.1) is 0 Å². The first-order chi connectivity index (χ1) is 11.3. The lowest BCUT2D eigenvalue weighted by Crippen LogP contribution is -2.22. The van der Waals surface area contributed by atoms with Gasteiger partial charge in [-0.25, -0.2) is 8.42 Å². The number of aryl methyl sites for hydroxylation is 1. The van der Waals surface area contributed by atoms with Gasteiger partial charge in [0.2, 0.25) is 5.91 Å². The third-order valence-electron chi connectivity index (χ3n) is 3.45. The van der Waals surface area contributed by atoms with Crippen LogP contribution in [0, 0.1) is 6.92 Å². The maximum atomic E-state index is 12.5. The topological polar surface area (TPSA) is 75.3 Å². The summed E-state index contributed by atoms with van der Waals surface area (Å²) in [5.41, 5.74) is 2.19. The van der Waals surface area contributed by atoms with Crippen LogP contribution in [0.5, 0.6) is 0 Å². The highest BCUT2D eigenvalue weighted by Gasteiger charge is 2.15. The van der Waals surface area contributed by atoms with Gasteiger partial charge in [-0.3, -0.25) is 9.52 Å². The van der Waals surface area contributed by atoms with Crippen LogP contribution in [-0.2, 0) is 21.2 Å². The molecule has 0 spiro atoms. The highest BCUT2D eigenvalue weighted by molar-refractivity contribution is 7.92. The summed E-state index contributed by atoms with van der Waals surface area (Å²) in [6.45, 7) is 3.76. The van der Waals surface area contributed by atoms with Crippen molar-refractivity contribution < 1.29 is 13.2 Å². The Labute approximate surface area is 147 Å². The van der Waals surface area contributed by atoms with E-state index in [4.69, 9.17) is 11.6 Å². The molecule has 0 aliphatic carbocycles. The van der Waals surface area contributed by atoms with Crippen LogP contribution in [0.2, 0.25) is 5.02 Å². The zero-order valence-corrected chi connectivity index (χ0v) is 15.0. The van der Waals surface area contributed by atoms with Crippen LogP contribution >= 0.6 is 11.6 Å². The van der Waals surface area contributed by atoms with Crippen molar-refractivity contribution in [2.45, 2.75) is 25.2 Å². The molecule has 0 heterocycles. The van der Waals surface area contributed by atoms with Crippen molar-refractivity contribution in [2.75, 3.05) is 11.3 Å². The minimum atomic E-state index is -3.66. The molecule has 0 aliphatic heterocycles. The van der Waals surface area contributed by atoms with Gasteiger partial charge in [-0.1, -0.05) is 23.7 Å². The van der Waals surface area contributed by atoms with Gasteiger partial charge in [0.15, 0.2) is 0 Å². The van der Waals surface area contributed by atoms with Gasteiger partial charge in [0.25, 0.3) is 10.0 Å². The van der Waals surface area contributed by atoms with E-state index in [0.29, 0.717) is 23.7 Å². The maximum Gasteiger partial charge on any atom is 0.261 e. The fraction of sp³-hybridized carbons (Fsp3) is 0.235. The lowest BCUT2D eigenvalue weighted by Gasteiger charge is -2.11. The molecule has 24 heavy (non-hydrogen) atoms. The number of hydrogen-bond donors (Lipinski definition) is 2. The van der Waals surface area contributed by atoms with E-state index >= 15 is 0 Å². The van der Waals surface area contributed by atoms with Crippen LogP contribution in [-0.4, -0.2) is 20.9 Å². The first-order valence-electron chi connectivity index (χ1n) is 7.40. The fourth-order valence-electron chi connectivity index (χ4n) is 2.16. The van der Waals surface area contributed by atoms with Gasteiger partial charge in [0.05, 0.1) is 10.6 Å². The zero-order chi connectivity index (χ0) is 17.7. The molecule has 2 rings (SSSR count). The number of hydrogen-bond acceptors (Lipinski definition) is 3. The number of amides is 1. The van der Waals surface area contributed by atoms with Gasteiger partial charge >= 0.3 is 0 Å². The van der Waals surface area contributed by atoms with Crippen molar-refractivity contribution in [2.24, 2.45) is 0 Å². The van der Waals surface area contributed by atoms with E-state index in [1.807, 2.05) is 0 Å². The van der Waals surface area contributed by atoms with Crippen LogP contribution in [0.3, 0.4) is 0 Å². The number of nitrogens with one attached hydrogen (secondary N) is 2. The third kappa shape index (κ3) is 4.97. The number of benzene rings is 2. The highest BCUT2D eigenvalue weighted by Crippen LogP contribution is 2.23. The standard InChI is InChI=1S/C17H19ClN2O3S/c1-12-11-15(18)5-8-17(12)20-24(22,23)16-6-3-14(4-7-16)9-10-19-13(2)21/h3-8,11,20H,9-10H2,1-2H3,(H,19,21). The quantitative estimate of drug-likeness (QED) is 0.824. The Hall–Kier alpha value is -2.05. The van der Waals surface area contributed by atoms with Gasteiger partial charge in [-0.2, -0.15) is 0 Å². The summed E-state index contributed by atoms with van der Waals surface area (Å²) < 4.78 is 27.5. The van der Waals surface area contributed by atoms with Gasteiger partial charge in [0, 0.05) is 18.5 Å². The van der Waals surface area contributed by atoms with Crippen molar-refractivity contribution >= 4 is 33.2 Å². The molecule has 2 N–H and O–H groups in total. The second-order valence-electron chi connectivity index (χ2n) is 5.44. The Bertz CT molecular complexity index is 833. The lowest BCUT2D eigenvalue weighted by molar-refractivity contribution is -0.118. The summed E-state index contributed by atoms with van der Waals surface area (Å²) >= 11 is 5.88. The molecule has 0 bridgehead atoms. The maximum absolute atomic E-state index is 12.5. The summed E-state index contributed by atoms with van der Waals surface area (Å²) in [5.74, 6) is -0.0864. The van der Waals surface area contributed by atoms with Crippen LogP contribution in [0.15, 0.2) is 47.4 Å². The van der Waals surface area contributed by atoms with E-state index in [1.165, 1.54) is 6.92 Å². The minimum Gasteiger partial charge on any atom is -0.356 e. The van der Waals surface area contributed by atoms with E-state index in [1.54, 1.807) is 49.4 Å². The molecule has 128 valence electrons. The molecule has 2 aromatic rings. The Kier molecular flexibility index (Phi) is 5.85.